The van der Waals surface area contributed by atoms with E-state index in [9.17, 15) is 19.5 Å². The lowest BCUT2D eigenvalue weighted by Crippen LogP contribution is -2.28. The van der Waals surface area contributed by atoms with Crippen LogP contribution in [0.1, 0.15) is 16.8 Å². The molecule has 7 nitrogen and oxygen atoms in total. The van der Waals surface area contributed by atoms with E-state index in [4.69, 9.17) is 0 Å². The van der Waals surface area contributed by atoms with Crippen molar-refractivity contribution < 1.29 is 19.5 Å². The highest BCUT2D eigenvalue weighted by molar-refractivity contribution is 8.15. The minimum atomic E-state index is -1.33. The van der Waals surface area contributed by atoms with E-state index in [1.54, 1.807) is 6.07 Å². The normalized spacial score (nSPS) is 17.8. The fourth-order valence-electron chi connectivity index (χ4n) is 2.32. The molecule has 1 heterocycles. The van der Waals surface area contributed by atoms with Gasteiger partial charge < -0.3 is 20.5 Å². The Labute approximate surface area is 153 Å². The molecule has 0 aliphatic carbocycles. The average molecular weight is 368 g/mol. The SMILES string of the molecule is O=C(C[C@@H]1SC(=Nc2ccccc2)NC1=O)Nc1cccc(C(=O)[O-])c1. The van der Waals surface area contributed by atoms with Crippen molar-refractivity contribution in [2.45, 2.75) is 11.7 Å². The lowest BCUT2D eigenvalue weighted by Gasteiger charge is -2.09. The molecule has 26 heavy (non-hydrogen) atoms. The standard InChI is InChI=1S/C18H15N3O4S/c22-15(19-13-8-4-5-11(9-13)17(24)25)10-14-16(23)21-18(26-14)20-12-6-2-1-3-7-12/h1-9,14H,10H2,(H,19,22)(H,24,25)(H,20,21,23)/p-1/t14-/m0/s1. The minimum Gasteiger partial charge on any atom is -0.545 e. The lowest BCUT2D eigenvalue weighted by molar-refractivity contribution is -0.255. The van der Waals surface area contributed by atoms with Gasteiger partial charge in [-0.25, -0.2) is 4.99 Å². The molecule has 1 saturated heterocycles. The highest BCUT2D eigenvalue weighted by Crippen LogP contribution is 2.25. The number of thioether (sulfide) groups is 1. The quantitative estimate of drug-likeness (QED) is 0.826. The van der Waals surface area contributed by atoms with Crippen LogP contribution >= 0.6 is 11.8 Å². The number of nitrogens with one attached hydrogen (secondary N) is 2. The van der Waals surface area contributed by atoms with Crippen LogP contribution in [0.5, 0.6) is 0 Å². The van der Waals surface area contributed by atoms with E-state index in [1.165, 1.54) is 30.0 Å². The zero-order chi connectivity index (χ0) is 18.5. The maximum Gasteiger partial charge on any atom is 0.240 e. The van der Waals surface area contributed by atoms with Crippen molar-refractivity contribution in [1.82, 2.24) is 5.32 Å². The number of nitrogens with zero attached hydrogens (tertiary/aromatic N) is 1. The molecular formula is C18H14N3O4S-. The summed E-state index contributed by atoms with van der Waals surface area (Å²) in [5, 5.41) is 15.9. The number of anilines is 1. The Morgan fingerprint density at radius 1 is 1.15 bits per heavy atom. The molecule has 0 bridgehead atoms. The number of amides is 2. The Morgan fingerprint density at radius 2 is 1.92 bits per heavy atom. The van der Waals surface area contributed by atoms with Crippen molar-refractivity contribution in [2.75, 3.05) is 5.32 Å². The number of carboxylic acid groups (broad SMARTS) is 1. The minimum absolute atomic E-state index is 0.0342. The maximum absolute atomic E-state index is 12.2. The van der Waals surface area contributed by atoms with Gasteiger partial charge in [0.25, 0.3) is 0 Å². The number of hydrogen-bond donors (Lipinski definition) is 2. The largest absolute Gasteiger partial charge is 0.545 e. The predicted molar refractivity (Wildman–Crippen MR) is 97.1 cm³/mol. The second-order valence-electron chi connectivity index (χ2n) is 5.47. The summed E-state index contributed by atoms with van der Waals surface area (Å²) in [6.45, 7) is 0. The van der Waals surface area contributed by atoms with Gasteiger partial charge in [-0.3, -0.25) is 9.59 Å². The van der Waals surface area contributed by atoms with Gasteiger partial charge >= 0.3 is 0 Å². The van der Waals surface area contributed by atoms with Crippen molar-refractivity contribution in [3.63, 3.8) is 0 Å². The van der Waals surface area contributed by atoms with Crippen molar-refractivity contribution in [2.24, 2.45) is 4.99 Å². The summed E-state index contributed by atoms with van der Waals surface area (Å²) in [5.41, 5.74) is 1.01. The van der Waals surface area contributed by atoms with Crippen molar-refractivity contribution in [3.8, 4) is 0 Å². The average Bonchev–Trinajstić information content (AvgIpc) is 2.95. The van der Waals surface area contributed by atoms with Gasteiger partial charge in [-0.15, -0.1) is 0 Å². The smallest absolute Gasteiger partial charge is 0.240 e. The first kappa shape index (κ1) is 17.7. The molecule has 3 rings (SSSR count). The van der Waals surface area contributed by atoms with Crippen molar-refractivity contribution in [1.29, 1.82) is 0 Å². The number of carbonyl (C=O) groups is 3. The third-order valence-corrected chi connectivity index (χ3v) is 4.60. The Hall–Kier alpha value is -3.13. The van der Waals surface area contributed by atoms with Gasteiger partial charge in [-0.2, -0.15) is 0 Å². The second-order valence-corrected chi connectivity index (χ2v) is 6.66. The maximum atomic E-state index is 12.2. The fourth-order valence-corrected chi connectivity index (χ4v) is 3.30. The van der Waals surface area contributed by atoms with E-state index < -0.39 is 17.1 Å². The Bertz CT molecular complexity index is 883. The van der Waals surface area contributed by atoms with Crippen LogP contribution in [0.25, 0.3) is 0 Å². The summed E-state index contributed by atoms with van der Waals surface area (Å²) in [6.07, 6.45) is -0.0557. The summed E-state index contributed by atoms with van der Waals surface area (Å²) >= 11 is 1.18. The Kier molecular flexibility index (Phi) is 5.33. The molecular weight excluding hydrogens is 354 g/mol. The van der Waals surface area contributed by atoms with E-state index in [0.29, 0.717) is 16.5 Å². The van der Waals surface area contributed by atoms with E-state index in [0.717, 1.165) is 0 Å². The van der Waals surface area contributed by atoms with Crippen LogP contribution in [0.4, 0.5) is 11.4 Å². The molecule has 2 N–H and O–H groups in total. The summed E-state index contributed by atoms with van der Waals surface area (Å²) in [6, 6.07) is 14.9. The van der Waals surface area contributed by atoms with E-state index >= 15 is 0 Å². The number of hydrogen-bond acceptors (Lipinski definition) is 6. The monoisotopic (exact) mass is 368 g/mol. The molecule has 2 amide bonds. The van der Waals surface area contributed by atoms with E-state index in [2.05, 4.69) is 15.6 Å². The number of para-hydroxylation sites is 1. The molecule has 0 saturated carbocycles. The van der Waals surface area contributed by atoms with Crippen LogP contribution in [-0.4, -0.2) is 28.2 Å². The molecule has 0 unspecified atom stereocenters. The van der Waals surface area contributed by atoms with Gasteiger partial charge in [0.15, 0.2) is 5.17 Å². The van der Waals surface area contributed by atoms with Crippen LogP contribution < -0.4 is 15.7 Å². The predicted octanol–water partition coefficient (Wildman–Crippen LogP) is 1.30. The van der Waals surface area contributed by atoms with Crippen LogP contribution in [0.15, 0.2) is 59.6 Å². The molecule has 0 aromatic heterocycles. The van der Waals surface area contributed by atoms with Gasteiger partial charge in [-0.05, 0) is 29.8 Å². The van der Waals surface area contributed by atoms with Crippen LogP contribution in [0.2, 0.25) is 0 Å². The van der Waals surface area contributed by atoms with Gasteiger partial charge in [0.2, 0.25) is 11.8 Å². The molecule has 132 valence electrons. The Balaban J connectivity index is 1.61. The van der Waals surface area contributed by atoms with Gasteiger partial charge in [-0.1, -0.05) is 42.1 Å². The number of carboxylic acids is 1. The third kappa shape index (κ3) is 4.48. The first-order valence-corrected chi connectivity index (χ1v) is 8.62. The van der Waals surface area contributed by atoms with Crippen LogP contribution in [0.3, 0.4) is 0 Å². The Morgan fingerprint density at radius 3 is 2.65 bits per heavy atom. The summed E-state index contributed by atoms with van der Waals surface area (Å²) in [7, 11) is 0. The molecule has 2 aromatic carbocycles. The number of benzene rings is 2. The molecule has 2 aromatic rings. The van der Waals surface area contributed by atoms with Gasteiger partial charge in [0, 0.05) is 12.1 Å². The molecule has 1 atom stereocenters. The zero-order valence-corrected chi connectivity index (χ0v) is 14.3. The number of carbonyl (C=O) groups excluding carboxylic acids is 3. The molecule has 0 spiro atoms. The number of aromatic carboxylic acids is 1. The second kappa shape index (κ2) is 7.83. The highest BCUT2D eigenvalue weighted by atomic mass is 32.2. The first-order chi connectivity index (χ1) is 12.5. The van der Waals surface area contributed by atoms with Crippen molar-refractivity contribution >= 4 is 46.1 Å². The van der Waals surface area contributed by atoms with Gasteiger partial charge in [0.05, 0.1) is 11.7 Å². The number of aliphatic imine (C=N–C) groups is 1. The number of amidine groups is 1. The molecule has 1 aliphatic heterocycles. The highest BCUT2D eigenvalue weighted by Gasteiger charge is 2.32. The summed E-state index contributed by atoms with van der Waals surface area (Å²) < 4.78 is 0. The van der Waals surface area contributed by atoms with Crippen molar-refractivity contribution in [3.05, 3.63) is 60.2 Å². The molecule has 0 radical (unpaired) electrons. The van der Waals surface area contributed by atoms with E-state index in [1.807, 2.05) is 30.3 Å². The first-order valence-electron chi connectivity index (χ1n) is 7.74. The molecule has 1 fully saturated rings. The molecule has 1 aliphatic rings. The topological polar surface area (TPSA) is 111 Å². The summed E-state index contributed by atoms with van der Waals surface area (Å²) in [5.74, 6) is -2.01. The van der Waals surface area contributed by atoms with E-state index in [-0.39, 0.29) is 17.9 Å². The molecule has 8 heteroatoms. The fraction of sp³-hybridized carbons (Fsp3) is 0.111. The van der Waals surface area contributed by atoms with Crippen LogP contribution in [-0.2, 0) is 9.59 Å². The zero-order valence-electron chi connectivity index (χ0n) is 13.5. The summed E-state index contributed by atoms with van der Waals surface area (Å²) in [4.78, 5) is 39.4. The van der Waals surface area contributed by atoms with Gasteiger partial charge in [0.1, 0.15) is 5.25 Å². The number of rotatable bonds is 5. The lowest BCUT2D eigenvalue weighted by atomic mass is 10.2. The van der Waals surface area contributed by atoms with Crippen LogP contribution in [0, 0.1) is 0 Å². The third-order valence-electron chi connectivity index (χ3n) is 3.52.